The maximum Gasteiger partial charge on any atom is 0.416 e. The molecule has 2 aromatic rings. The number of nitrogens with zero attached hydrogens (tertiary/aromatic N) is 3. The Morgan fingerprint density at radius 3 is 2.19 bits per heavy atom. The first-order valence-electron chi connectivity index (χ1n) is 6.91. The van der Waals surface area contributed by atoms with Crippen molar-refractivity contribution in [3.05, 3.63) is 57.7 Å². The first kappa shape index (κ1) is 20.2. The van der Waals surface area contributed by atoms with E-state index in [-0.39, 0.29) is 11.6 Å². The van der Waals surface area contributed by atoms with Crippen molar-refractivity contribution < 1.29 is 26.3 Å². The van der Waals surface area contributed by atoms with Crippen molar-refractivity contribution in [2.75, 3.05) is 0 Å². The van der Waals surface area contributed by atoms with Gasteiger partial charge in [0.1, 0.15) is 16.6 Å². The standard InChI is InChI=1S/C15H9F6N5S/c16-14(17,18)10-3-8(4-11(5-10)15(19,20)21)12(23)26-25-7-9(6-22)13-24-1-2-27-13/h1-5,7,25H,(H2,23,26)/b9-7-. The van der Waals surface area contributed by atoms with Gasteiger partial charge >= 0.3 is 12.4 Å². The van der Waals surface area contributed by atoms with Gasteiger partial charge in [-0.1, -0.05) is 0 Å². The number of rotatable bonds is 4. The number of hydrogen-bond acceptors (Lipinski definition) is 5. The minimum atomic E-state index is -5.00. The molecule has 142 valence electrons. The fraction of sp³-hybridized carbons (Fsp3) is 0.133. The fourth-order valence-electron chi connectivity index (χ4n) is 1.83. The molecule has 0 aliphatic carbocycles. The molecule has 0 saturated carbocycles. The minimum Gasteiger partial charge on any atom is -0.382 e. The van der Waals surface area contributed by atoms with E-state index in [1.807, 2.05) is 6.07 Å². The maximum atomic E-state index is 12.8. The molecular weight excluding hydrogens is 396 g/mol. The van der Waals surface area contributed by atoms with E-state index in [1.54, 1.807) is 5.38 Å². The average Bonchev–Trinajstić information content (AvgIpc) is 3.11. The number of benzene rings is 1. The quantitative estimate of drug-likeness (QED) is 0.265. The molecule has 12 heteroatoms. The number of hydrazone groups is 1. The first-order valence-corrected chi connectivity index (χ1v) is 7.79. The van der Waals surface area contributed by atoms with Gasteiger partial charge in [-0.3, -0.25) is 5.43 Å². The average molecular weight is 405 g/mol. The van der Waals surface area contributed by atoms with Crippen LogP contribution in [0.15, 0.2) is 41.1 Å². The van der Waals surface area contributed by atoms with Gasteiger partial charge in [-0.15, -0.1) is 11.3 Å². The molecule has 0 bridgehead atoms. The van der Waals surface area contributed by atoms with Crippen LogP contribution < -0.4 is 11.2 Å². The normalized spacial score (nSPS) is 13.4. The van der Waals surface area contributed by atoms with Gasteiger partial charge in [-0.2, -0.15) is 36.7 Å². The van der Waals surface area contributed by atoms with Gasteiger partial charge in [0.05, 0.1) is 11.1 Å². The highest BCUT2D eigenvalue weighted by molar-refractivity contribution is 7.10. The van der Waals surface area contributed by atoms with Crippen LogP contribution in [0.1, 0.15) is 21.7 Å². The van der Waals surface area contributed by atoms with E-state index < -0.39 is 34.9 Å². The van der Waals surface area contributed by atoms with Crippen molar-refractivity contribution in [3.63, 3.8) is 0 Å². The molecule has 0 atom stereocenters. The summed E-state index contributed by atoms with van der Waals surface area (Å²) in [4.78, 5) is 3.88. The topological polar surface area (TPSA) is 87.1 Å². The number of thiazole rings is 1. The molecular formula is C15H9F6N5S. The monoisotopic (exact) mass is 405 g/mol. The second-order valence-corrected chi connectivity index (χ2v) is 5.82. The number of halogens is 6. The molecule has 0 unspecified atom stereocenters. The summed E-state index contributed by atoms with van der Waals surface area (Å²) < 4.78 is 77.1. The number of aromatic nitrogens is 1. The van der Waals surface area contributed by atoms with E-state index in [0.29, 0.717) is 17.1 Å². The molecule has 2 rings (SSSR count). The molecule has 0 saturated heterocycles. The van der Waals surface area contributed by atoms with E-state index in [4.69, 9.17) is 11.0 Å². The number of nitriles is 1. The molecule has 0 fully saturated rings. The molecule has 27 heavy (non-hydrogen) atoms. The van der Waals surface area contributed by atoms with Gasteiger partial charge in [0.2, 0.25) is 0 Å². The molecule has 5 nitrogen and oxygen atoms in total. The maximum absolute atomic E-state index is 12.8. The van der Waals surface area contributed by atoms with Crippen LogP contribution in [0.2, 0.25) is 0 Å². The Morgan fingerprint density at radius 2 is 1.74 bits per heavy atom. The molecule has 1 aromatic heterocycles. The second-order valence-electron chi connectivity index (χ2n) is 4.93. The summed E-state index contributed by atoms with van der Waals surface area (Å²) >= 11 is 1.15. The zero-order valence-electron chi connectivity index (χ0n) is 13.1. The summed E-state index contributed by atoms with van der Waals surface area (Å²) in [5.41, 5.74) is 4.17. The third kappa shape index (κ3) is 5.20. The molecule has 0 aliphatic rings. The predicted octanol–water partition coefficient (Wildman–Crippen LogP) is 3.96. The van der Waals surface area contributed by atoms with Gasteiger partial charge in [0.15, 0.2) is 5.84 Å². The van der Waals surface area contributed by atoms with Gasteiger partial charge in [0.25, 0.3) is 0 Å². The third-order valence-electron chi connectivity index (χ3n) is 3.06. The number of nitrogens with two attached hydrogens (primary N) is 1. The van der Waals surface area contributed by atoms with E-state index in [2.05, 4.69) is 15.5 Å². The molecule has 0 spiro atoms. The Balaban J connectivity index is 2.36. The summed E-state index contributed by atoms with van der Waals surface area (Å²) in [5, 5.41) is 14.5. The van der Waals surface area contributed by atoms with Crippen LogP contribution in [0, 0.1) is 11.3 Å². The molecule has 1 heterocycles. The van der Waals surface area contributed by atoms with Crippen molar-refractivity contribution in [2.45, 2.75) is 12.4 Å². The summed E-state index contributed by atoms with van der Waals surface area (Å²) in [5.74, 6) is -0.626. The van der Waals surface area contributed by atoms with Gasteiger partial charge < -0.3 is 5.73 Å². The van der Waals surface area contributed by atoms with Crippen LogP contribution >= 0.6 is 11.3 Å². The van der Waals surface area contributed by atoms with Crippen LogP contribution in [0.3, 0.4) is 0 Å². The summed E-state index contributed by atoms with van der Waals surface area (Å²) in [6.07, 6.45) is -7.47. The zero-order chi connectivity index (χ0) is 20.2. The van der Waals surface area contributed by atoms with Crippen molar-refractivity contribution in [1.29, 1.82) is 5.26 Å². The number of alkyl halides is 6. The molecule has 0 radical (unpaired) electrons. The van der Waals surface area contributed by atoms with Crippen molar-refractivity contribution >= 4 is 22.7 Å². The Kier molecular flexibility index (Phi) is 5.75. The van der Waals surface area contributed by atoms with Crippen molar-refractivity contribution in [3.8, 4) is 6.07 Å². The Bertz CT molecular complexity index is 874. The highest BCUT2D eigenvalue weighted by atomic mass is 32.1. The minimum absolute atomic E-state index is 0.0135. The number of nitrogens with one attached hydrogen (secondary N) is 1. The van der Waals surface area contributed by atoms with Gasteiger partial charge in [-0.05, 0) is 18.2 Å². The second kappa shape index (κ2) is 7.67. The lowest BCUT2D eigenvalue weighted by molar-refractivity contribution is -0.143. The Hall–Kier alpha value is -3.07. The van der Waals surface area contributed by atoms with E-state index >= 15 is 0 Å². The van der Waals surface area contributed by atoms with Crippen molar-refractivity contribution in [2.24, 2.45) is 10.8 Å². The number of amidine groups is 1. The van der Waals surface area contributed by atoms with Gasteiger partial charge in [-0.25, -0.2) is 4.98 Å². The third-order valence-corrected chi connectivity index (χ3v) is 3.87. The van der Waals surface area contributed by atoms with Crippen LogP contribution in [-0.4, -0.2) is 10.8 Å². The Labute approximate surface area is 152 Å². The summed E-state index contributed by atoms with van der Waals surface area (Å²) in [7, 11) is 0. The SMILES string of the molecule is N#C/C(=C/N/N=C(\N)c1cc(C(F)(F)F)cc(C(F)(F)F)c1)c1nccs1. The van der Waals surface area contributed by atoms with Crippen LogP contribution in [0.5, 0.6) is 0 Å². The summed E-state index contributed by atoms with van der Waals surface area (Å²) in [6.45, 7) is 0. The van der Waals surface area contributed by atoms with Crippen LogP contribution in [0.4, 0.5) is 26.3 Å². The van der Waals surface area contributed by atoms with Crippen LogP contribution in [0.25, 0.3) is 5.57 Å². The molecule has 1 aromatic carbocycles. The highest BCUT2D eigenvalue weighted by Crippen LogP contribution is 2.36. The van der Waals surface area contributed by atoms with E-state index in [1.165, 1.54) is 6.20 Å². The fourth-order valence-corrected chi connectivity index (χ4v) is 2.44. The van der Waals surface area contributed by atoms with Gasteiger partial charge in [0, 0.05) is 23.3 Å². The largest absolute Gasteiger partial charge is 0.416 e. The van der Waals surface area contributed by atoms with E-state index in [9.17, 15) is 26.3 Å². The lowest BCUT2D eigenvalue weighted by Gasteiger charge is -2.13. The van der Waals surface area contributed by atoms with Crippen LogP contribution in [-0.2, 0) is 12.4 Å². The Morgan fingerprint density at radius 1 is 1.15 bits per heavy atom. The molecule has 0 amide bonds. The lowest BCUT2D eigenvalue weighted by atomic mass is 10.0. The molecule has 3 N–H and O–H groups in total. The number of hydrogen-bond donors (Lipinski definition) is 2. The zero-order valence-corrected chi connectivity index (χ0v) is 13.9. The smallest absolute Gasteiger partial charge is 0.382 e. The highest BCUT2D eigenvalue weighted by Gasteiger charge is 2.37. The number of allylic oxidation sites excluding steroid dienone is 1. The first-order chi connectivity index (χ1) is 12.5. The lowest BCUT2D eigenvalue weighted by Crippen LogP contribution is -2.20. The molecule has 0 aliphatic heterocycles. The predicted molar refractivity (Wildman–Crippen MR) is 86.0 cm³/mol. The summed E-state index contributed by atoms with van der Waals surface area (Å²) in [6, 6.07) is 2.70. The van der Waals surface area contributed by atoms with Crippen molar-refractivity contribution in [1.82, 2.24) is 10.4 Å². The van der Waals surface area contributed by atoms with E-state index in [0.717, 1.165) is 17.5 Å².